The number of furan rings is 1. The highest BCUT2D eigenvalue weighted by Crippen LogP contribution is 2.22. The quantitative estimate of drug-likeness (QED) is 0.777. The van der Waals surface area contributed by atoms with E-state index in [0.29, 0.717) is 11.3 Å². The molecule has 1 atom stereocenters. The van der Waals surface area contributed by atoms with E-state index in [1.807, 2.05) is 36.4 Å². The fourth-order valence-corrected chi connectivity index (χ4v) is 2.46. The second kappa shape index (κ2) is 6.92. The van der Waals surface area contributed by atoms with E-state index in [1.165, 1.54) is 12.1 Å². The lowest BCUT2D eigenvalue weighted by atomic mass is 10.0. The van der Waals surface area contributed by atoms with Crippen LogP contribution in [0.5, 0.6) is 0 Å². The molecule has 1 heterocycles. The number of benzene rings is 2. The molecule has 0 aliphatic heterocycles. The van der Waals surface area contributed by atoms with Gasteiger partial charge in [-0.3, -0.25) is 4.79 Å². The third-order valence-corrected chi connectivity index (χ3v) is 3.52. The average molecular weight is 309 g/mol. The van der Waals surface area contributed by atoms with Crippen molar-refractivity contribution in [3.63, 3.8) is 0 Å². The number of hydrogen-bond acceptors (Lipinski definition) is 2. The predicted molar refractivity (Wildman–Crippen MR) is 85.2 cm³/mol. The molecule has 116 valence electrons. The van der Waals surface area contributed by atoms with Crippen LogP contribution in [0, 0.1) is 5.82 Å². The fraction of sp³-hybridized carbons (Fsp3) is 0.105. The minimum Gasteiger partial charge on any atom is -0.467 e. The van der Waals surface area contributed by atoms with E-state index in [9.17, 15) is 9.18 Å². The number of carbonyl (C=O) groups excluding carboxylic acids is 1. The molecule has 1 unspecified atom stereocenters. The van der Waals surface area contributed by atoms with Gasteiger partial charge in [-0.15, -0.1) is 0 Å². The summed E-state index contributed by atoms with van der Waals surface area (Å²) in [6, 6.07) is 18.9. The number of nitrogens with one attached hydrogen (secondary N) is 1. The van der Waals surface area contributed by atoms with Gasteiger partial charge in [0, 0.05) is 0 Å². The van der Waals surface area contributed by atoms with Crippen molar-refractivity contribution in [2.45, 2.75) is 12.5 Å². The maximum atomic E-state index is 13.2. The second-order valence-corrected chi connectivity index (χ2v) is 5.23. The van der Waals surface area contributed by atoms with Crippen LogP contribution in [0.15, 0.2) is 77.4 Å². The lowest BCUT2D eigenvalue weighted by molar-refractivity contribution is -0.121. The third kappa shape index (κ3) is 3.86. The summed E-state index contributed by atoms with van der Waals surface area (Å²) in [6.07, 6.45) is 1.69. The molecule has 23 heavy (non-hydrogen) atoms. The maximum absolute atomic E-state index is 13.2. The normalized spacial score (nSPS) is 11.9. The number of rotatable bonds is 5. The maximum Gasteiger partial charge on any atom is 0.225 e. The summed E-state index contributed by atoms with van der Waals surface area (Å²) < 4.78 is 18.7. The van der Waals surface area contributed by atoms with Crippen LogP contribution in [0.3, 0.4) is 0 Å². The first-order valence-corrected chi connectivity index (χ1v) is 7.34. The lowest BCUT2D eigenvalue weighted by Crippen LogP contribution is -2.30. The van der Waals surface area contributed by atoms with Crippen LogP contribution < -0.4 is 5.32 Å². The van der Waals surface area contributed by atoms with E-state index in [-0.39, 0.29) is 24.2 Å². The standard InChI is InChI=1S/C19H16FNO2/c20-16-9-4-6-14(12-16)13-18(22)21-19(17-10-5-11-23-17)15-7-2-1-3-8-15/h1-12,19H,13H2,(H,21,22). The topological polar surface area (TPSA) is 42.2 Å². The molecule has 3 rings (SSSR count). The lowest BCUT2D eigenvalue weighted by Gasteiger charge is -2.17. The Hall–Kier alpha value is -2.88. The fourth-order valence-electron chi connectivity index (χ4n) is 2.46. The summed E-state index contributed by atoms with van der Waals surface area (Å²) in [6.45, 7) is 0. The monoisotopic (exact) mass is 309 g/mol. The van der Waals surface area contributed by atoms with E-state index in [0.717, 1.165) is 5.56 Å². The van der Waals surface area contributed by atoms with Gasteiger partial charge in [0.2, 0.25) is 5.91 Å². The summed E-state index contributed by atoms with van der Waals surface area (Å²) in [5.74, 6) is 0.116. The van der Waals surface area contributed by atoms with Crippen LogP contribution >= 0.6 is 0 Å². The highest BCUT2D eigenvalue weighted by Gasteiger charge is 2.19. The number of halogens is 1. The Balaban J connectivity index is 1.77. The summed E-state index contributed by atoms with van der Waals surface area (Å²) in [7, 11) is 0. The first-order valence-electron chi connectivity index (χ1n) is 7.34. The second-order valence-electron chi connectivity index (χ2n) is 5.23. The zero-order chi connectivity index (χ0) is 16.1. The Kier molecular flexibility index (Phi) is 4.52. The highest BCUT2D eigenvalue weighted by molar-refractivity contribution is 5.79. The van der Waals surface area contributed by atoms with Crippen molar-refractivity contribution in [3.8, 4) is 0 Å². The Morgan fingerprint density at radius 2 is 1.87 bits per heavy atom. The Bertz CT molecular complexity index is 769. The van der Waals surface area contributed by atoms with Crippen LogP contribution in [-0.4, -0.2) is 5.91 Å². The molecule has 0 spiro atoms. The molecule has 3 aromatic rings. The molecule has 0 aliphatic rings. The molecule has 2 aromatic carbocycles. The molecule has 4 heteroatoms. The van der Waals surface area contributed by atoms with Crippen molar-refractivity contribution < 1.29 is 13.6 Å². The van der Waals surface area contributed by atoms with Gasteiger partial charge in [0.25, 0.3) is 0 Å². The molecule has 1 aromatic heterocycles. The molecule has 0 fully saturated rings. The predicted octanol–water partition coefficient (Wildman–Crippen LogP) is 3.87. The van der Waals surface area contributed by atoms with Gasteiger partial charge < -0.3 is 9.73 Å². The van der Waals surface area contributed by atoms with Crippen LogP contribution in [0.4, 0.5) is 4.39 Å². The van der Waals surface area contributed by atoms with Gasteiger partial charge in [0.1, 0.15) is 17.6 Å². The van der Waals surface area contributed by atoms with Crippen molar-refractivity contribution in [3.05, 3.63) is 95.7 Å². The summed E-state index contributed by atoms with van der Waals surface area (Å²) in [4.78, 5) is 12.3. The Labute approximate surface area is 133 Å². The molecule has 1 N–H and O–H groups in total. The van der Waals surface area contributed by atoms with Gasteiger partial charge in [-0.05, 0) is 35.4 Å². The Morgan fingerprint density at radius 1 is 1.04 bits per heavy atom. The molecule has 0 saturated heterocycles. The van der Waals surface area contributed by atoms with E-state index >= 15 is 0 Å². The molecule has 3 nitrogen and oxygen atoms in total. The first kappa shape index (κ1) is 15.0. The zero-order valence-electron chi connectivity index (χ0n) is 12.4. The van der Waals surface area contributed by atoms with E-state index in [4.69, 9.17) is 4.42 Å². The van der Waals surface area contributed by atoms with E-state index < -0.39 is 0 Å². The number of amides is 1. The molecule has 0 bridgehead atoms. The molecule has 1 amide bonds. The van der Waals surface area contributed by atoms with Crippen LogP contribution in [0.1, 0.15) is 22.9 Å². The van der Waals surface area contributed by atoms with Gasteiger partial charge >= 0.3 is 0 Å². The SMILES string of the molecule is O=C(Cc1cccc(F)c1)NC(c1ccccc1)c1ccco1. The van der Waals surface area contributed by atoms with Gasteiger partial charge in [-0.25, -0.2) is 4.39 Å². The summed E-state index contributed by atoms with van der Waals surface area (Å²) in [5, 5.41) is 2.95. The minimum absolute atomic E-state index is 0.113. The van der Waals surface area contributed by atoms with Gasteiger partial charge in [-0.1, -0.05) is 42.5 Å². The van der Waals surface area contributed by atoms with Crippen molar-refractivity contribution >= 4 is 5.91 Å². The van der Waals surface area contributed by atoms with Crippen molar-refractivity contribution in [1.82, 2.24) is 5.32 Å². The van der Waals surface area contributed by atoms with Crippen LogP contribution in [0.25, 0.3) is 0 Å². The van der Waals surface area contributed by atoms with E-state index in [2.05, 4.69) is 5.32 Å². The Morgan fingerprint density at radius 3 is 2.57 bits per heavy atom. The van der Waals surface area contributed by atoms with Crippen LogP contribution in [-0.2, 0) is 11.2 Å². The third-order valence-electron chi connectivity index (χ3n) is 3.52. The molecule has 0 radical (unpaired) electrons. The van der Waals surface area contributed by atoms with Gasteiger partial charge in [0.15, 0.2) is 0 Å². The summed E-state index contributed by atoms with van der Waals surface area (Å²) >= 11 is 0. The highest BCUT2D eigenvalue weighted by atomic mass is 19.1. The van der Waals surface area contributed by atoms with Crippen molar-refractivity contribution in [1.29, 1.82) is 0 Å². The minimum atomic E-state index is -0.368. The average Bonchev–Trinajstić information content (AvgIpc) is 3.07. The smallest absolute Gasteiger partial charge is 0.225 e. The number of carbonyl (C=O) groups is 1. The largest absolute Gasteiger partial charge is 0.467 e. The zero-order valence-corrected chi connectivity index (χ0v) is 12.4. The van der Waals surface area contributed by atoms with Gasteiger partial charge in [0.05, 0.1) is 12.7 Å². The first-order chi connectivity index (χ1) is 11.2. The van der Waals surface area contributed by atoms with Crippen molar-refractivity contribution in [2.75, 3.05) is 0 Å². The molecular weight excluding hydrogens is 293 g/mol. The molecular formula is C19H16FNO2. The number of hydrogen-bond donors (Lipinski definition) is 1. The van der Waals surface area contributed by atoms with Crippen LogP contribution in [0.2, 0.25) is 0 Å². The molecule has 0 aliphatic carbocycles. The summed E-state index contributed by atoms with van der Waals surface area (Å²) in [5.41, 5.74) is 1.56. The van der Waals surface area contributed by atoms with E-state index in [1.54, 1.807) is 24.5 Å². The van der Waals surface area contributed by atoms with Crippen molar-refractivity contribution in [2.24, 2.45) is 0 Å². The molecule has 0 saturated carbocycles. The van der Waals surface area contributed by atoms with Gasteiger partial charge in [-0.2, -0.15) is 0 Å².